The maximum atomic E-state index is 5.67. The fraction of sp³-hybridized carbons (Fsp3) is 0.143. The van der Waals surface area contributed by atoms with Crippen LogP contribution < -0.4 is 4.52 Å². The molecule has 2 rings (SSSR count). The van der Waals surface area contributed by atoms with Crippen LogP contribution in [0.4, 0.5) is 0 Å². The summed E-state index contributed by atoms with van der Waals surface area (Å²) in [5.74, 6) is 0.794. The van der Waals surface area contributed by atoms with E-state index < -0.39 is 8.09 Å². The zero-order valence-electron chi connectivity index (χ0n) is 8.30. The number of rotatable bonds is 2. The summed E-state index contributed by atoms with van der Waals surface area (Å²) in [6, 6.07) is 7.84. The number of aryl methyl sites for hydroxylation is 1. The average Bonchev–Trinajstić information content (AvgIpc) is 2.22. The summed E-state index contributed by atoms with van der Waals surface area (Å²) in [5, 5.41) is 0. The van der Waals surface area contributed by atoms with E-state index in [2.05, 4.69) is 18.1 Å². The summed E-state index contributed by atoms with van der Waals surface area (Å²) in [6.45, 7) is 2.02. The molecule has 0 spiro atoms. The summed E-state index contributed by atoms with van der Waals surface area (Å²) in [4.78, 5) is 0. The molecule has 0 fully saturated rings. The van der Waals surface area contributed by atoms with Crippen molar-refractivity contribution in [1.82, 2.24) is 0 Å². The molecule has 1 unspecified atom stereocenters. The van der Waals surface area contributed by atoms with Gasteiger partial charge in [-0.05, 0) is 24.6 Å². The van der Waals surface area contributed by atoms with Crippen molar-refractivity contribution in [2.45, 2.75) is 6.92 Å². The fourth-order valence-corrected chi connectivity index (χ4v) is 4.27. The Kier molecular flexibility index (Phi) is 4.63. The van der Waals surface area contributed by atoms with Gasteiger partial charge in [0.05, 0.1) is 0 Å². The molecule has 0 saturated heterocycles. The Morgan fingerprint density at radius 1 is 1.19 bits per heavy atom. The van der Waals surface area contributed by atoms with E-state index in [1.54, 1.807) is 0 Å². The first-order chi connectivity index (χ1) is 7.84. The molecule has 0 amide bonds. The third kappa shape index (κ3) is 3.77. The van der Waals surface area contributed by atoms with E-state index in [1.165, 1.54) is 0 Å². The fourth-order valence-electron chi connectivity index (χ4n) is 0.979. The van der Waals surface area contributed by atoms with Gasteiger partial charge in [-0.3, -0.25) is 0 Å². The molecule has 0 bridgehead atoms. The van der Waals surface area contributed by atoms with E-state index in [9.17, 15) is 0 Å². The van der Waals surface area contributed by atoms with Crippen LogP contribution >= 0.6 is 33.7 Å². The highest BCUT2D eigenvalue weighted by atomic mass is 31.2. The van der Waals surface area contributed by atoms with Gasteiger partial charge in [-0.25, -0.2) is 4.52 Å². The highest BCUT2D eigenvalue weighted by Gasteiger charge is 2.16. The topological polar surface area (TPSA) is 58.7 Å². The summed E-state index contributed by atoms with van der Waals surface area (Å²) in [6.07, 6.45) is 0. The van der Waals surface area contributed by atoms with Gasteiger partial charge >= 0.3 is 8.09 Å². The van der Waals surface area contributed by atoms with E-state index in [4.69, 9.17) is 4.52 Å². The third-order valence-electron chi connectivity index (χ3n) is 1.57. The number of hydrogen-bond donors (Lipinski definition) is 0. The number of hydrogen-bond acceptors (Lipinski definition) is 5. The average molecular weight is 287 g/mol. The van der Waals surface area contributed by atoms with Crippen LogP contribution in [0.25, 0.3) is 0 Å². The van der Waals surface area contributed by atoms with Crippen LogP contribution in [0.15, 0.2) is 42.3 Å². The molecule has 80 valence electrons. The molecule has 0 radical (unpaired) electrons. The Bertz CT molecular complexity index is 499. The van der Waals surface area contributed by atoms with Crippen molar-refractivity contribution in [3.63, 3.8) is 0 Å². The first kappa shape index (κ1) is 11.9. The van der Waals surface area contributed by atoms with E-state index in [0.717, 1.165) is 11.3 Å². The van der Waals surface area contributed by atoms with Crippen LogP contribution in [0.5, 0.6) is 5.75 Å². The smallest absolute Gasteiger partial charge is 0.247 e. The summed E-state index contributed by atoms with van der Waals surface area (Å²) >= 11 is 0. The van der Waals surface area contributed by atoms with Gasteiger partial charge in [0, 0.05) is 9.03 Å². The predicted octanol–water partition coefficient (Wildman–Crippen LogP) is 6.02. The maximum absolute atomic E-state index is 5.67. The zero-order chi connectivity index (χ0) is 11.2. The number of benzene rings is 1. The van der Waals surface area contributed by atoms with Gasteiger partial charge in [0.25, 0.3) is 0 Å². The van der Waals surface area contributed by atoms with Crippen LogP contribution in [0, 0.1) is 6.92 Å². The first-order valence-corrected chi connectivity index (χ1v) is 7.87. The minimum Gasteiger partial charge on any atom is -0.247 e. The Balaban J connectivity index is 2.15. The van der Waals surface area contributed by atoms with E-state index in [-0.39, 0.29) is 0 Å². The van der Waals surface area contributed by atoms with Gasteiger partial charge in [0.2, 0.25) is 17.0 Å². The Hall–Kier alpha value is -0.580. The van der Waals surface area contributed by atoms with Crippen molar-refractivity contribution in [3.05, 3.63) is 29.8 Å². The lowest BCUT2D eigenvalue weighted by Gasteiger charge is -1.93. The standard InChI is InChI=1S/C7H7N4OP4/c1-6-3-2-4-7(5-6)12-16-10-14-8-13-9-15-11-16/h2-5H,1H3/q+1. The molecule has 0 N–H and O–H groups in total. The minimum atomic E-state index is -1.17. The van der Waals surface area contributed by atoms with Gasteiger partial charge in [-0.1, -0.05) is 12.1 Å². The zero-order valence-corrected chi connectivity index (χ0v) is 11.9. The monoisotopic (exact) mass is 287 g/mol. The van der Waals surface area contributed by atoms with Gasteiger partial charge in [0.15, 0.2) is 14.3 Å². The number of nitrogens with zero attached hydrogens (tertiary/aromatic N) is 4. The van der Waals surface area contributed by atoms with Crippen LogP contribution in [0.1, 0.15) is 5.56 Å². The van der Waals surface area contributed by atoms with Crippen LogP contribution in [0.3, 0.4) is 0 Å². The molecule has 1 aliphatic heterocycles. The Labute approximate surface area is 99.1 Å². The van der Waals surface area contributed by atoms with E-state index in [0.29, 0.717) is 25.6 Å². The molecule has 16 heavy (non-hydrogen) atoms. The quantitative estimate of drug-likeness (QED) is 0.613. The summed E-state index contributed by atoms with van der Waals surface area (Å²) < 4.78 is 22.1. The molecule has 1 atom stereocenters. The molecule has 9 heteroatoms. The van der Waals surface area contributed by atoms with Crippen LogP contribution in [-0.4, -0.2) is 0 Å². The molecular weight excluding hydrogens is 280 g/mol. The molecule has 1 aromatic rings. The molecular formula is C7H7N4OP4+. The van der Waals surface area contributed by atoms with Gasteiger partial charge in [-0.2, -0.15) is 9.03 Å². The van der Waals surface area contributed by atoms with E-state index >= 15 is 0 Å². The second-order valence-electron chi connectivity index (χ2n) is 2.79. The third-order valence-corrected chi connectivity index (χ3v) is 5.09. The largest absolute Gasteiger partial charge is 0.600 e. The molecule has 1 aliphatic rings. The molecule has 0 aromatic heterocycles. The van der Waals surface area contributed by atoms with Crippen molar-refractivity contribution in [3.8, 4) is 5.75 Å². The highest BCUT2D eigenvalue weighted by Crippen LogP contribution is 2.40. The Morgan fingerprint density at radius 2 is 2.06 bits per heavy atom. The van der Waals surface area contributed by atoms with E-state index in [1.807, 2.05) is 31.2 Å². The highest BCUT2D eigenvalue weighted by molar-refractivity contribution is 7.55. The van der Waals surface area contributed by atoms with Crippen LogP contribution in [0.2, 0.25) is 0 Å². The second kappa shape index (κ2) is 6.23. The van der Waals surface area contributed by atoms with Crippen molar-refractivity contribution in [2.75, 3.05) is 0 Å². The van der Waals surface area contributed by atoms with Gasteiger partial charge in [-0.15, -0.1) is 0 Å². The lowest BCUT2D eigenvalue weighted by Crippen LogP contribution is -1.79. The normalized spacial score (nSPS) is 19.4. The molecule has 0 aliphatic carbocycles. The summed E-state index contributed by atoms with van der Waals surface area (Å²) in [7, 11) is 0.794. The second-order valence-corrected chi connectivity index (χ2v) is 6.87. The predicted molar refractivity (Wildman–Crippen MR) is 69.2 cm³/mol. The summed E-state index contributed by atoms with van der Waals surface area (Å²) in [5.41, 5.74) is 1.16. The van der Waals surface area contributed by atoms with Crippen molar-refractivity contribution >= 4 is 33.7 Å². The lowest BCUT2D eigenvalue weighted by atomic mass is 10.2. The van der Waals surface area contributed by atoms with Gasteiger partial charge in [0.1, 0.15) is 0 Å². The van der Waals surface area contributed by atoms with Crippen molar-refractivity contribution in [1.29, 1.82) is 0 Å². The molecule has 0 saturated carbocycles. The van der Waals surface area contributed by atoms with Gasteiger partial charge < -0.3 is 0 Å². The molecule has 1 aromatic carbocycles. The van der Waals surface area contributed by atoms with Crippen molar-refractivity contribution in [2.24, 2.45) is 18.1 Å². The lowest BCUT2D eigenvalue weighted by molar-refractivity contribution is 0.624. The first-order valence-electron chi connectivity index (χ1n) is 4.31. The molecule has 1 heterocycles. The maximum Gasteiger partial charge on any atom is 0.600 e. The SMILES string of the molecule is Cc1cccc(O[P+]2=NP=NP=NP=N2)c1. The molecule has 5 nitrogen and oxygen atoms in total. The Morgan fingerprint density at radius 3 is 2.94 bits per heavy atom. The van der Waals surface area contributed by atoms with Crippen LogP contribution in [-0.2, 0) is 0 Å². The van der Waals surface area contributed by atoms with Crippen molar-refractivity contribution < 1.29 is 4.52 Å². The minimum absolute atomic E-state index is 0.640.